The molecule has 2 unspecified atom stereocenters. The van der Waals surface area contributed by atoms with Crippen LogP contribution in [0.25, 0.3) is 32.9 Å². The zero-order valence-corrected chi connectivity index (χ0v) is 33.9. The molecule has 2 N–H and O–H groups in total. The van der Waals surface area contributed by atoms with E-state index in [1.165, 1.54) is 4.90 Å². The van der Waals surface area contributed by atoms with Crippen LogP contribution >= 0.6 is 0 Å². The fraction of sp³-hybridized carbons (Fsp3) is 0.524. The van der Waals surface area contributed by atoms with Gasteiger partial charge in [-0.3, -0.25) is 9.88 Å². The average Bonchev–Trinajstić information content (AvgIpc) is 3.89. The molecule has 13 heteroatoms. The number of carboxylic acid groups (broad SMARTS) is 1. The molecule has 2 atom stereocenters. The lowest BCUT2D eigenvalue weighted by molar-refractivity contribution is 0.0512. The number of aliphatic hydroxyl groups is 1. The van der Waals surface area contributed by atoms with Gasteiger partial charge in [-0.15, -0.1) is 5.54 Å². The van der Waals surface area contributed by atoms with E-state index in [4.69, 9.17) is 24.2 Å². The Morgan fingerprint density at radius 3 is 2.33 bits per heavy atom. The van der Waals surface area contributed by atoms with Crippen molar-refractivity contribution in [2.75, 3.05) is 45.1 Å². The van der Waals surface area contributed by atoms with Gasteiger partial charge in [0.25, 0.3) is 0 Å². The maximum Gasteiger partial charge on any atom is 0.407 e. The Balaban J connectivity index is 1.41. The summed E-state index contributed by atoms with van der Waals surface area (Å²) in [7, 11) is -0.568. The molecule has 4 aromatic rings. The van der Waals surface area contributed by atoms with E-state index < -0.39 is 20.0 Å². The van der Waals surface area contributed by atoms with E-state index in [1.54, 1.807) is 19.4 Å². The van der Waals surface area contributed by atoms with Crippen LogP contribution in [0.3, 0.4) is 0 Å². The van der Waals surface area contributed by atoms with Gasteiger partial charge in [0.2, 0.25) is 0 Å². The summed E-state index contributed by atoms with van der Waals surface area (Å²) in [5.41, 5.74) is 6.20. The van der Waals surface area contributed by atoms with Crippen molar-refractivity contribution in [1.29, 1.82) is 0 Å². The van der Waals surface area contributed by atoms with Gasteiger partial charge < -0.3 is 29.3 Å². The number of amides is 1. The van der Waals surface area contributed by atoms with E-state index in [-0.39, 0.29) is 54.7 Å². The molecule has 2 aromatic heterocycles. The number of pyridine rings is 1. The fourth-order valence-corrected chi connectivity index (χ4v) is 14.4. The summed E-state index contributed by atoms with van der Waals surface area (Å²) >= 11 is 0. The van der Waals surface area contributed by atoms with Gasteiger partial charge >= 0.3 is 12.1 Å². The molecule has 2 bridgehead atoms. The summed E-state index contributed by atoms with van der Waals surface area (Å²) in [6.07, 6.45) is 3.79. The Bertz CT molecular complexity index is 2130. The molecule has 2 aliphatic heterocycles. The molecule has 1 saturated carbocycles. The number of anilines is 1. The molecule has 1 aliphatic carbocycles. The number of methoxy groups -OCH3 is 1. The van der Waals surface area contributed by atoms with Crippen LogP contribution in [0.1, 0.15) is 72.8 Å². The third-order valence-corrected chi connectivity index (χ3v) is 18.6. The van der Waals surface area contributed by atoms with Gasteiger partial charge in [-0.05, 0) is 65.9 Å². The standard InChI is InChI=1S/C42H52FN5O6Si/c1-25(2)55(26(3)4,27(5)6)16-13-28-9-8-10-29-17-32(54-24-52-7)18-33(35(28)29)37-36(43)38-34(19-44-37)39(46-40(45-38)53-23-42(22-49)14-15-42)47-20-30-11-12-31(21-47)48(30)41(50)51/h8-10,17-19,25-27,30-31,49H,11-12,14-15,20-24H2,1-7H3,(H,50,51). The first kappa shape index (κ1) is 38.7. The summed E-state index contributed by atoms with van der Waals surface area (Å²) in [5.74, 6) is 3.89. The topological polar surface area (TPSA) is 130 Å². The number of aromatic nitrogens is 3. The molecule has 1 amide bonds. The molecule has 55 heavy (non-hydrogen) atoms. The van der Waals surface area contributed by atoms with E-state index in [9.17, 15) is 15.0 Å². The first-order valence-electron chi connectivity index (χ1n) is 19.4. The van der Waals surface area contributed by atoms with Crippen molar-refractivity contribution < 1.29 is 33.6 Å². The summed E-state index contributed by atoms with van der Waals surface area (Å²) in [5, 5.41) is 21.9. The van der Waals surface area contributed by atoms with Crippen molar-refractivity contribution in [2.45, 2.75) is 95.9 Å². The van der Waals surface area contributed by atoms with Crippen LogP contribution in [0.15, 0.2) is 36.5 Å². The zero-order chi connectivity index (χ0) is 39.2. The summed E-state index contributed by atoms with van der Waals surface area (Å²) in [6, 6.07) is 9.18. The predicted molar refractivity (Wildman–Crippen MR) is 214 cm³/mol. The van der Waals surface area contributed by atoms with E-state index >= 15 is 4.39 Å². The molecule has 2 aromatic carbocycles. The van der Waals surface area contributed by atoms with Gasteiger partial charge in [-0.1, -0.05) is 59.6 Å². The van der Waals surface area contributed by atoms with Crippen molar-refractivity contribution in [2.24, 2.45) is 5.41 Å². The number of fused-ring (bicyclic) bond motifs is 4. The highest BCUT2D eigenvalue weighted by atomic mass is 28.3. The number of ether oxygens (including phenoxy) is 3. The number of benzene rings is 2. The smallest absolute Gasteiger partial charge is 0.407 e. The van der Waals surface area contributed by atoms with E-state index in [2.05, 4.69) is 58.0 Å². The third-order valence-electron chi connectivity index (χ3n) is 12.3. The second-order valence-electron chi connectivity index (χ2n) is 16.5. The molecule has 292 valence electrons. The van der Waals surface area contributed by atoms with E-state index in [1.807, 2.05) is 29.2 Å². The number of hydrogen-bond acceptors (Lipinski definition) is 9. The van der Waals surface area contributed by atoms with Gasteiger partial charge in [-0.2, -0.15) is 9.97 Å². The molecule has 0 spiro atoms. The quantitative estimate of drug-likeness (QED) is 0.0830. The number of piperazine rings is 1. The molecular formula is C42H52FN5O6Si. The van der Waals surface area contributed by atoms with Crippen molar-refractivity contribution in [3.63, 3.8) is 0 Å². The number of halogens is 1. The predicted octanol–water partition coefficient (Wildman–Crippen LogP) is 8.02. The summed E-state index contributed by atoms with van der Waals surface area (Å²) < 4.78 is 34.7. The minimum atomic E-state index is -2.11. The zero-order valence-electron chi connectivity index (χ0n) is 32.9. The highest BCUT2D eigenvalue weighted by molar-refractivity contribution is 6.90. The highest BCUT2D eigenvalue weighted by Crippen LogP contribution is 2.46. The molecule has 7 rings (SSSR count). The lowest BCUT2D eigenvalue weighted by atomic mass is 9.96. The summed E-state index contributed by atoms with van der Waals surface area (Å²) in [4.78, 5) is 29.9. The Labute approximate surface area is 323 Å². The van der Waals surface area contributed by atoms with Crippen LogP contribution in [0.4, 0.5) is 15.0 Å². The Morgan fingerprint density at radius 2 is 1.73 bits per heavy atom. The monoisotopic (exact) mass is 769 g/mol. The minimum absolute atomic E-state index is 0.00256. The van der Waals surface area contributed by atoms with Crippen molar-refractivity contribution in [1.82, 2.24) is 19.9 Å². The molecule has 4 heterocycles. The molecule has 11 nitrogen and oxygen atoms in total. The highest BCUT2D eigenvalue weighted by Gasteiger charge is 2.45. The van der Waals surface area contributed by atoms with Gasteiger partial charge in [0.1, 0.15) is 30.9 Å². The maximum atomic E-state index is 17.5. The van der Waals surface area contributed by atoms with Crippen molar-refractivity contribution in [3.8, 4) is 34.5 Å². The maximum absolute atomic E-state index is 17.5. The van der Waals surface area contributed by atoms with Crippen LogP contribution in [0.2, 0.25) is 16.6 Å². The van der Waals surface area contributed by atoms with Gasteiger partial charge in [0.05, 0.1) is 30.7 Å². The van der Waals surface area contributed by atoms with Crippen LogP contribution in [-0.4, -0.2) is 96.5 Å². The Hall–Kier alpha value is -4.51. The molecule has 3 fully saturated rings. The molecule has 2 saturated heterocycles. The Kier molecular flexibility index (Phi) is 10.7. The normalized spacial score (nSPS) is 19.1. The minimum Gasteiger partial charge on any atom is -0.468 e. The van der Waals surface area contributed by atoms with E-state index in [0.717, 1.165) is 42.0 Å². The van der Waals surface area contributed by atoms with Gasteiger partial charge in [0, 0.05) is 48.3 Å². The van der Waals surface area contributed by atoms with Crippen LogP contribution in [-0.2, 0) is 4.74 Å². The Morgan fingerprint density at radius 1 is 1.04 bits per heavy atom. The molecule has 3 aliphatic rings. The number of hydrogen-bond donors (Lipinski definition) is 2. The van der Waals surface area contributed by atoms with E-state index in [0.29, 0.717) is 52.2 Å². The number of carbonyl (C=O) groups is 1. The van der Waals surface area contributed by atoms with Crippen molar-refractivity contribution in [3.05, 3.63) is 47.9 Å². The average molecular weight is 770 g/mol. The first-order valence-corrected chi connectivity index (χ1v) is 21.6. The number of nitrogens with zero attached hydrogens (tertiary/aromatic N) is 5. The second kappa shape index (κ2) is 15.2. The van der Waals surface area contributed by atoms with Crippen molar-refractivity contribution >= 4 is 41.7 Å². The number of rotatable bonds is 12. The van der Waals surface area contributed by atoms with Crippen LogP contribution < -0.4 is 14.4 Å². The SMILES string of the molecule is COCOc1cc(-c2ncc3c(N4CC5CCC(C4)N5C(=O)O)nc(OCC4(CO)CC4)nc3c2F)c2c(C#C[Si](C(C)C)(C(C)C)C(C)C)cccc2c1. The number of aliphatic hydroxyl groups excluding tert-OH is 1. The van der Waals surface area contributed by atoms with Crippen LogP contribution in [0.5, 0.6) is 11.8 Å². The molecular weight excluding hydrogens is 718 g/mol. The summed E-state index contributed by atoms with van der Waals surface area (Å²) in [6.45, 7) is 14.7. The van der Waals surface area contributed by atoms with Crippen LogP contribution in [0, 0.1) is 22.7 Å². The largest absolute Gasteiger partial charge is 0.468 e. The van der Waals surface area contributed by atoms with Gasteiger partial charge in [0.15, 0.2) is 12.6 Å². The molecule has 0 radical (unpaired) electrons. The lowest BCUT2D eigenvalue weighted by Gasteiger charge is -2.40. The lowest BCUT2D eigenvalue weighted by Crippen LogP contribution is -2.55. The fourth-order valence-electron chi connectivity index (χ4n) is 9.16. The van der Waals surface area contributed by atoms with Gasteiger partial charge in [-0.25, -0.2) is 9.18 Å². The first-order chi connectivity index (χ1) is 26.3. The third kappa shape index (κ3) is 7.09. The second-order valence-corrected chi connectivity index (χ2v) is 22.1.